The number of amides is 1. The predicted molar refractivity (Wildman–Crippen MR) is 74.3 cm³/mol. The van der Waals surface area contributed by atoms with Crippen molar-refractivity contribution in [2.24, 2.45) is 0 Å². The third-order valence-corrected chi connectivity index (χ3v) is 3.71. The predicted octanol–water partition coefficient (Wildman–Crippen LogP) is 4.00. The Labute approximate surface area is 113 Å². The lowest BCUT2D eigenvalue weighted by Gasteiger charge is -2.13. The smallest absolute Gasteiger partial charge is 0.252 e. The lowest BCUT2D eigenvalue weighted by atomic mass is 10.1. The molecule has 1 aromatic carbocycles. The van der Waals surface area contributed by atoms with Crippen molar-refractivity contribution in [1.29, 1.82) is 0 Å². The minimum Gasteiger partial charge on any atom is -0.345 e. The Morgan fingerprint density at radius 1 is 1.29 bits per heavy atom. The molecule has 0 aliphatic carbocycles. The molecule has 2 aromatic rings. The molecule has 0 radical (unpaired) electrons. The van der Waals surface area contributed by atoms with Crippen LogP contribution in [0.5, 0.6) is 0 Å². The van der Waals surface area contributed by atoms with E-state index in [0.29, 0.717) is 0 Å². The van der Waals surface area contributed by atoms with Crippen LogP contribution in [0.2, 0.25) is 0 Å². The standard InChI is InChI=1S/C13H12BrNOS/c1-9(10-2-4-12(14)5-3-10)15-13(16)11-6-7-17-8-11/h2-9H,1H3,(H,15,16). The van der Waals surface area contributed by atoms with Gasteiger partial charge in [0, 0.05) is 9.85 Å². The topological polar surface area (TPSA) is 29.1 Å². The Balaban J connectivity index is 2.04. The molecule has 88 valence electrons. The molecular weight excluding hydrogens is 298 g/mol. The monoisotopic (exact) mass is 309 g/mol. The molecule has 1 N–H and O–H groups in total. The van der Waals surface area contributed by atoms with E-state index in [9.17, 15) is 4.79 Å². The van der Waals surface area contributed by atoms with Gasteiger partial charge in [-0.15, -0.1) is 0 Å². The molecule has 17 heavy (non-hydrogen) atoms. The summed E-state index contributed by atoms with van der Waals surface area (Å²) in [6.07, 6.45) is 0. The summed E-state index contributed by atoms with van der Waals surface area (Å²) in [7, 11) is 0. The average molecular weight is 310 g/mol. The van der Waals surface area contributed by atoms with Crippen LogP contribution in [-0.4, -0.2) is 5.91 Å². The van der Waals surface area contributed by atoms with Gasteiger partial charge in [-0.25, -0.2) is 0 Å². The van der Waals surface area contributed by atoms with Crippen LogP contribution in [0.25, 0.3) is 0 Å². The molecule has 1 amide bonds. The van der Waals surface area contributed by atoms with E-state index >= 15 is 0 Å². The number of benzene rings is 1. The molecule has 1 aromatic heterocycles. The minimum atomic E-state index is -0.0262. The number of nitrogens with one attached hydrogen (secondary N) is 1. The quantitative estimate of drug-likeness (QED) is 0.912. The summed E-state index contributed by atoms with van der Waals surface area (Å²) < 4.78 is 1.04. The highest BCUT2D eigenvalue weighted by atomic mass is 79.9. The van der Waals surface area contributed by atoms with Gasteiger partial charge in [0.15, 0.2) is 0 Å². The molecule has 1 unspecified atom stereocenters. The van der Waals surface area contributed by atoms with Gasteiger partial charge < -0.3 is 5.32 Å². The summed E-state index contributed by atoms with van der Waals surface area (Å²) in [4.78, 5) is 11.8. The molecule has 0 saturated carbocycles. The first-order chi connectivity index (χ1) is 8.16. The second kappa shape index (κ2) is 5.47. The van der Waals surface area contributed by atoms with Crippen LogP contribution >= 0.6 is 27.3 Å². The lowest BCUT2D eigenvalue weighted by molar-refractivity contribution is 0.0940. The van der Waals surface area contributed by atoms with Crippen molar-refractivity contribution in [2.75, 3.05) is 0 Å². The van der Waals surface area contributed by atoms with Gasteiger partial charge in [0.2, 0.25) is 0 Å². The highest BCUT2D eigenvalue weighted by molar-refractivity contribution is 9.10. The zero-order valence-corrected chi connectivity index (χ0v) is 11.7. The first-order valence-corrected chi connectivity index (χ1v) is 6.99. The third kappa shape index (κ3) is 3.17. The second-order valence-corrected chi connectivity index (χ2v) is 5.45. The fourth-order valence-corrected chi connectivity index (χ4v) is 2.41. The molecule has 0 bridgehead atoms. The van der Waals surface area contributed by atoms with Gasteiger partial charge in [-0.1, -0.05) is 28.1 Å². The number of rotatable bonds is 3. The van der Waals surface area contributed by atoms with Crippen molar-refractivity contribution in [3.63, 3.8) is 0 Å². The first-order valence-electron chi connectivity index (χ1n) is 5.25. The SMILES string of the molecule is CC(NC(=O)c1ccsc1)c1ccc(Br)cc1. The van der Waals surface area contributed by atoms with Crippen molar-refractivity contribution in [2.45, 2.75) is 13.0 Å². The second-order valence-electron chi connectivity index (χ2n) is 3.76. The Hall–Kier alpha value is -1.13. The summed E-state index contributed by atoms with van der Waals surface area (Å²) in [5.74, 6) is -0.0262. The van der Waals surface area contributed by atoms with Crippen LogP contribution < -0.4 is 5.32 Å². The van der Waals surface area contributed by atoms with E-state index in [1.54, 1.807) is 0 Å². The van der Waals surface area contributed by atoms with Gasteiger partial charge in [-0.2, -0.15) is 11.3 Å². The summed E-state index contributed by atoms with van der Waals surface area (Å²) in [5.41, 5.74) is 1.82. The van der Waals surface area contributed by atoms with E-state index in [1.807, 2.05) is 48.0 Å². The zero-order valence-electron chi connectivity index (χ0n) is 9.31. The molecule has 0 fully saturated rings. The molecule has 1 atom stereocenters. The molecule has 2 rings (SSSR count). The summed E-state index contributed by atoms with van der Waals surface area (Å²) in [6.45, 7) is 1.98. The van der Waals surface area contributed by atoms with E-state index in [4.69, 9.17) is 0 Å². The van der Waals surface area contributed by atoms with Crippen LogP contribution in [0.15, 0.2) is 45.6 Å². The molecule has 2 nitrogen and oxygen atoms in total. The Morgan fingerprint density at radius 3 is 2.59 bits per heavy atom. The van der Waals surface area contributed by atoms with Gasteiger partial charge >= 0.3 is 0 Å². The van der Waals surface area contributed by atoms with E-state index in [2.05, 4.69) is 21.2 Å². The molecule has 1 heterocycles. The van der Waals surface area contributed by atoms with Gasteiger partial charge in [-0.3, -0.25) is 4.79 Å². The third-order valence-electron chi connectivity index (χ3n) is 2.50. The molecular formula is C13H12BrNOS. The van der Waals surface area contributed by atoms with Crippen molar-refractivity contribution in [3.8, 4) is 0 Å². The molecule has 0 saturated heterocycles. The Bertz CT molecular complexity index is 493. The van der Waals surface area contributed by atoms with Gasteiger partial charge in [-0.05, 0) is 36.1 Å². The number of halogens is 1. The Kier molecular flexibility index (Phi) is 3.97. The van der Waals surface area contributed by atoms with Crippen molar-refractivity contribution in [3.05, 3.63) is 56.7 Å². The van der Waals surface area contributed by atoms with Crippen LogP contribution in [-0.2, 0) is 0 Å². The van der Waals surface area contributed by atoms with Crippen LogP contribution in [0.1, 0.15) is 28.9 Å². The molecule has 4 heteroatoms. The average Bonchev–Trinajstić information content (AvgIpc) is 2.83. The van der Waals surface area contributed by atoms with Crippen molar-refractivity contribution < 1.29 is 4.79 Å². The molecule has 0 spiro atoms. The summed E-state index contributed by atoms with van der Waals surface area (Å²) >= 11 is 4.92. The number of carbonyl (C=O) groups excluding carboxylic acids is 1. The molecule has 0 aliphatic heterocycles. The zero-order chi connectivity index (χ0) is 12.3. The summed E-state index contributed by atoms with van der Waals surface area (Å²) in [5, 5.41) is 6.72. The molecule has 0 aliphatic rings. The maximum absolute atomic E-state index is 11.8. The van der Waals surface area contributed by atoms with E-state index in [1.165, 1.54) is 11.3 Å². The Morgan fingerprint density at radius 2 is 2.00 bits per heavy atom. The van der Waals surface area contributed by atoms with Gasteiger partial charge in [0.1, 0.15) is 0 Å². The van der Waals surface area contributed by atoms with Crippen LogP contribution in [0.3, 0.4) is 0 Å². The largest absolute Gasteiger partial charge is 0.345 e. The fraction of sp³-hybridized carbons (Fsp3) is 0.154. The highest BCUT2D eigenvalue weighted by Gasteiger charge is 2.11. The van der Waals surface area contributed by atoms with Crippen LogP contribution in [0.4, 0.5) is 0 Å². The number of thiophene rings is 1. The minimum absolute atomic E-state index is 0.00972. The van der Waals surface area contributed by atoms with Crippen molar-refractivity contribution in [1.82, 2.24) is 5.32 Å². The maximum Gasteiger partial charge on any atom is 0.252 e. The maximum atomic E-state index is 11.8. The first kappa shape index (κ1) is 12.3. The van der Waals surface area contributed by atoms with Crippen LogP contribution in [0, 0.1) is 0 Å². The summed E-state index contributed by atoms with van der Waals surface area (Å²) in [6, 6.07) is 9.79. The number of hydrogen-bond donors (Lipinski definition) is 1. The van der Waals surface area contributed by atoms with E-state index in [-0.39, 0.29) is 11.9 Å². The van der Waals surface area contributed by atoms with Gasteiger partial charge in [0.25, 0.3) is 5.91 Å². The lowest BCUT2D eigenvalue weighted by Crippen LogP contribution is -2.26. The number of carbonyl (C=O) groups is 1. The normalized spacial score (nSPS) is 12.1. The van der Waals surface area contributed by atoms with Gasteiger partial charge in [0.05, 0.1) is 11.6 Å². The van der Waals surface area contributed by atoms with E-state index < -0.39 is 0 Å². The fourth-order valence-electron chi connectivity index (χ4n) is 1.51. The van der Waals surface area contributed by atoms with Crippen molar-refractivity contribution >= 4 is 33.2 Å². The number of hydrogen-bond acceptors (Lipinski definition) is 2. The highest BCUT2D eigenvalue weighted by Crippen LogP contribution is 2.17. The van der Waals surface area contributed by atoms with E-state index in [0.717, 1.165) is 15.6 Å².